The second-order valence-electron chi connectivity index (χ2n) is 7.62. The number of halogens is 2. The summed E-state index contributed by atoms with van der Waals surface area (Å²) in [5.74, 6) is 3.39. The summed E-state index contributed by atoms with van der Waals surface area (Å²) >= 11 is 13.2. The lowest BCUT2D eigenvalue weighted by Crippen LogP contribution is -3.10. The van der Waals surface area contributed by atoms with Crippen molar-refractivity contribution in [2.24, 2.45) is 0 Å². The van der Waals surface area contributed by atoms with Gasteiger partial charge < -0.3 is 4.90 Å². The van der Waals surface area contributed by atoms with Crippen molar-refractivity contribution in [3.05, 3.63) is 83.4 Å². The number of rotatable bonds is 6. The van der Waals surface area contributed by atoms with Crippen LogP contribution >= 0.6 is 30.5 Å². The minimum atomic E-state index is -3.11. The number of likely N-dealkylation sites (tertiary alicyclic amines) is 1. The van der Waals surface area contributed by atoms with Gasteiger partial charge in [0.1, 0.15) is 0 Å². The molecule has 0 radical (unpaired) electrons. The molecule has 3 nitrogen and oxygen atoms in total. The first kappa shape index (κ1) is 22.3. The van der Waals surface area contributed by atoms with E-state index in [9.17, 15) is 4.57 Å². The zero-order valence-corrected chi connectivity index (χ0v) is 19.3. The van der Waals surface area contributed by atoms with E-state index in [1.165, 1.54) is 4.90 Å². The highest BCUT2D eigenvalue weighted by molar-refractivity contribution is 7.68. The Bertz CT molecular complexity index is 847. The molecule has 0 unspecified atom stereocenters. The van der Waals surface area contributed by atoms with Gasteiger partial charge in [-0.05, 0) is 18.2 Å². The van der Waals surface area contributed by atoms with Gasteiger partial charge in [-0.2, -0.15) is 0 Å². The Morgan fingerprint density at radius 2 is 1.34 bits per heavy atom. The zero-order valence-electron chi connectivity index (χ0n) is 16.9. The number of nitrogens with zero attached hydrogens (tertiary/aromatic N) is 1. The van der Waals surface area contributed by atoms with Crippen molar-refractivity contribution in [3.63, 3.8) is 0 Å². The second-order valence-corrected chi connectivity index (χ2v) is 10.9. The number of hydrogen-bond donors (Lipinski definition) is 1. The fourth-order valence-electron chi connectivity index (χ4n) is 3.61. The van der Waals surface area contributed by atoms with Gasteiger partial charge in [-0.15, -0.1) is 0 Å². The van der Waals surface area contributed by atoms with E-state index in [-0.39, 0.29) is 6.04 Å². The van der Waals surface area contributed by atoms with E-state index >= 15 is 0 Å². The smallest absolute Gasteiger partial charge is 0.196 e. The van der Waals surface area contributed by atoms with Crippen LogP contribution in [-0.4, -0.2) is 37.9 Å². The van der Waals surface area contributed by atoms with Crippen molar-refractivity contribution in [1.82, 2.24) is 4.67 Å². The summed E-state index contributed by atoms with van der Waals surface area (Å²) in [5, 5.41) is 0.959. The minimum absolute atomic E-state index is 0.234. The van der Waals surface area contributed by atoms with Crippen molar-refractivity contribution >= 4 is 40.6 Å². The SMILES string of the molecule is CN(C1CC[NH+](C)CC1)P(=O)(/C=C(\Cl)c1ccccc1)/C=C(\Cl)c1ccccc1. The Hall–Kier alpha value is -1.35. The first-order valence-corrected chi connectivity index (χ1v) is 12.5. The quantitative estimate of drug-likeness (QED) is 0.601. The molecule has 1 heterocycles. The molecular weight excluding hydrogens is 422 g/mol. The van der Waals surface area contributed by atoms with Crippen LogP contribution in [0.5, 0.6) is 0 Å². The van der Waals surface area contributed by atoms with Gasteiger partial charge in [0.05, 0.1) is 30.2 Å². The van der Waals surface area contributed by atoms with E-state index in [0.717, 1.165) is 37.1 Å². The molecular formula is C23H28Cl2N2OP+. The highest BCUT2D eigenvalue weighted by atomic mass is 35.5. The highest BCUT2D eigenvalue weighted by Crippen LogP contribution is 2.57. The standard InChI is InChI=1S/C23H27Cl2N2OP/c1-26-15-13-21(14-16-26)27(2)29(28,17-22(24)19-9-5-3-6-10-19)18-23(25)20-11-7-4-8-12-20/h3-12,17-18,21H,13-16H2,1-2H3/p+1/b22-17-,23-18-. The summed E-state index contributed by atoms with van der Waals surface area (Å²) in [6.07, 6.45) is 2.00. The summed E-state index contributed by atoms with van der Waals surface area (Å²) < 4.78 is 16.3. The molecule has 2 aromatic rings. The Morgan fingerprint density at radius 1 is 0.931 bits per heavy atom. The third-order valence-corrected chi connectivity index (χ3v) is 9.05. The molecule has 0 amide bonds. The summed E-state index contributed by atoms with van der Waals surface area (Å²) in [7, 11) is 1.03. The van der Waals surface area contributed by atoms with E-state index < -0.39 is 7.29 Å². The van der Waals surface area contributed by atoms with Crippen LogP contribution < -0.4 is 4.90 Å². The fraction of sp³-hybridized carbons (Fsp3) is 0.304. The molecule has 1 fully saturated rings. The largest absolute Gasteiger partial charge is 0.337 e. The van der Waals surface area contributed by atoms with Gasteiger partial charge in [0, 0.05) is 30.5 Å². The van der Waals surface area contributed by atoms with Crippen LogP contribution in [0.25, 0.3) is 10.1 Å². The van der Waals surface area contributed by atoms with Crippen LogP contribution in [-0.2, 0) is 4.57 Å². The topological polar surface area (TPSA) is 24.8 Å². The van der Waals surface area contributed by atoms with Crippen LogP contribution in [0.15, 0.2) is 72.3 Å². The lowest BCUT2D eigenvalue weighted by atomic mass is 10.1. The molecule has 154 valence electrons. The van der Waals surface area contributed by atoms with Crippen molar-refractivity contribution in [2.45, 2.75) is 18.9 Å². The summed E-state index contributed by atoms with van der Waals surface area (Å²) in [6.45, 7) is 2.14. The molecule has 0 saturated carbocycles. The van der Waals surface area contributed by atoms with Gasteiger partial charge in [0.15, 0.2) is 7.29 Å². The van der Waals surface area contributed by atoms with E-state index in [1.54, 1.807) is 11.6 Å². The predicted molar refractivity (Wildman–Crippen MR) is 126 cm³/mol. The Labute approximate surface area is 184 Å². The van der Waals surface area contributed by atoms with E-state index in [2.05, 4.69) is 7.05 Å². The molecule has 3 rings (SSSR count). The van der Waals surface area contributed by atoms with Crippen molar-refractivity contribution in [3.8, 4) is 0 Å². The monoisotopic (exact) mass is 449 g/mol. The fourth-order valence-corrected chi connectivity index (χ4v) is 6.83. The van der Waals surface area contributed by atoms with Gasteiger partial charge in [0.25, 0.3) is 0 Å². The van der Waals surface area contributed by atoms with Crippen LogP contribution in [0, 0.1) is 0 Å². The molecule has 0 bridgehead atoms. The Morgan fingerprint density at radius 3 is 1.76 bits per heavy atom. The summed E-state index contributed by atoms with van der Waals surface area (Å²) in [5.41, 5.74) is 1.69. The van der Waals surface area contributed by atoms with Gasteiger partial charge in [-0.3, -0.25) is 4.57 Å². The maximum absolute atomic E-state index is 14.3. The number of benzene rings is 2. The number of nitrogens with one attached hydrogen (secondary N) is 1. The first-order chi connectivity index (χ1) is 13.9. The van der Waals surface area contributed by atoms with Gasteiger partial charge >= 0.3 is 0 Å². The molecule has 0 spiro atoms. The van der Waals surface area contributed by atoms with Crippen LogP contribution in [0.3, 0.4) is 0 Å². The maximum atomic E-state index is 14.3. The molecule has 0 atom stereocenters. The molecule has 1 aliphatic heterocycles. The van der Waals surface area contributed by atoms with Crippen LogP contribution in [0.2, 0.25) is 0 Å². The number of piperidine rings is 1. The predicted octanol–water partition coefficient (Wildman–Crippen LogP) is 5.35. The molecule has 0 aliphatic carbocycles. The molecule has 2 aromatic carbocycles. The van der Waals surface area contributed by atoms with Crippen molar-refractivity contribution < 1.29 is 9.46 Å². The third kappa shape index (κ3) is 5.84. The van der Waals surface area contributed by atoms with Gasteiger partial charge in [0.2, 0.25) is 0 Å². The molecule has 1 aliphatic rings. The zero-order chi connectivity index (χ0) is 20.9. The van der Waals surface area contributed by atoms with Gasteiger partial charge in [-0.25, -0.2) is 4.67 Å². The lowest BCUT2D eigenvalue weighted by Gasteiger charge is -2.36. The molecule has 0 aromatic heterocycles. The summed E-state index contributed by atoms with van der Waals surface area (Å²) in [4.78, 5) is 1.51. The summed E-state index contributed by atoms with van der Waals surface area (Å²) in [6, 6.07) is 19.5. The second kappa shape index (κ2) is 10.1. The molecule has 6 heteroatoms. The highest BCUT2D eigenvalue weighted by Gasteiger charge is 2.33. The molecule has 29 heavy (non-hydrogen) atoms. The van der Waals surface area contributed by atoms with Crippen molar-refractivity contribution in [2.75, 3.05) is 27.2 Å². The van der Waals surface area contributed by atoms with E-state index in [4.69, 9.17) is 23.2 Å². The molecule has 1 N–H and O–H groups in total. The van der Waals surface area contributed by atoms with E-state index in [1.807, 2.05) is 72.4 Å². The average Bonchev–Trinajstić information content (AvgIpc) is 2.75. The maximum Gasteiger partial charge on any atom is 0.196 e. The number of quaternary nitrogens is 1. The molecule has 1 saturated heterocycles. The Kier molecular flexibility index (Phi) is 7.79. The Balaban J connectivity index is 1.99. The first-order valence-electron chi connectivity index (χ1n) is 9.90. The third-order valence-electron chi connectivity index (χ3n) is 5.53. The average molecular weight is 450 g/mol. The minimum Gasteiger partial charge on any atom is -0.337 e. The van der Waals surface area contributed by atoms with E-state index in [0.29, 0.717) is 10.1 Å². The van der Waals surface area contributed by atoms with Crippen LogP contribution in [0.1, 0.15) is 24.0 Å². The lowest BCUT2D eigenvalue weighted by molar-refractivity contribution is -0.885. The number of hydrogen-bond acceptors (Lipinski definition) is 1. The normalized spacial score (nSPS) is 21.4. The van der Waals surface area contributed by atoms with Crippen LogP contribution in [0.4, 0.5) is 0 Å². The van der Waals surface area contributed by atoms with Crippen molar-refractivity contribution in [1.29, 1.82) is 0 Å². The van der Waals surface area contributed by atoms with Gasteiger partial charge in [-0.1, -0.05) is 83.9 Å².